The molecule has 1 unspecified atom stereocenters. The molecule has 0 bridgehead atoms. The number of nitrogens with zero attached hydrogens (tertiary/aromatic N) is 2. The highest BCUT2D eigenvalue weighted by atomic mass is 16.6. The van der Waals surface area contributed by atoms with Gasteiger partial charge in [-0.2, -0.15) is 0 Å². The van der Waals surface area contributed by atoms with Crippen LogP contribution in [0.15, 0.2) is 97.1 Å². The molecule has 3 heterocycles. The Kier molecular flexibility index (Phi) is 4.67. The van der Waals surface area contributed by atoms with E-state index in [0.717, 1.165) is 19.7 Å². The maximum Gasteiger partial charge on any atom is 0.104 e. The van der Waals surface area contributed by atoms with Gasteiger partial charge >= 0.3 is 0 Å². The Morgan fingerprint density at radius 3 is 1.32 bits per heavy atom. The summed E-state index contributed by atoms with van der Waals surface area (Å²) >= 11 is 0. The van der Waals surface area contributed by atoms with Crippen LogP contribution in [0.1, 0.15) is 0 Å². The molecular weight excluding hydrogens is 420 g/mol. The summed E-state index contributed by atoms with van der Waals surface area (Å²) in [6, 6.07) is 34.7. The molecule has 1 aliphatic rings. The van der Waals surface area contributed by atoms with Gasteiger partial charge in [-0.1, -0.05) is 72.8 Å². The minimum atomic E-state index is 0.00243. The van der Waals surface area contributed by atoms with Crippen molar-refractivity contribution >= 4 is 43.6 Å². The molecule has 6 aromatic rings. The summed E-state index contributed by atoms with van der Waals surface area (Å²) < 4.78 is 16.9. The van der Waals surface area contributed by atoms with E-state index in [2.05, 4.69) is 106 Å². The van der Waals surface area contributed by atoms with Gasteiger partial charge in [0.25, 0.3) is 0 Å². The molecule has 0 radical (unpaired) electrons. The normalized spacial score (nSPS) is 15.9. The summed E-state index contributed by atoms with van der Waals surface area (Å²) in [6.45, 7) is 3.00. The summed E-state index contributed by atoms with van der Waals surface area (Å²) in [6.07, 6.45) is 0.237. The Morgan fingerprint density at radius 1 is 0.618 bits per heavy atom. The molecule has 0 N–H and O–H groups in total. The number of fused-ring (bicyclic) bond motifs is 6. The van der Waals surface area contributed by atoms with E-state index >= 15 is 0 Å². The molecule has 7 rings (SSSR count). The number of epoxide rings is 1. The van der Waals surface area contributed by atoms with Crippen LogP contribution in [0.3, 0.4) is 0 Å². The van der Waals surface area contributed by atoms with Crippen LogP contribution in [0.2, 0.25) is 0 Å². The van der Waals surface area contributed by atoms with Gasteiger partial charge in [-0.05, 0) is 24.3 Å². The lowest BCUT2D eigenvalue weighted by Gasteiger charge is -2.21. The summed E-state index contributed by atoms with van der Waals surface area (Å²) in [5, 5.41) is 5.16. The van der Waals surface area contributed by atoms with Gasteiger partial charge in [-0.3, -0.25) is 0 Å². The lowest BCUT2D eigenvalue weighted by molar-refractivity contribution is 0.0239. The quantitative estimate of drug-likeness (QED) is 0.266. The molecule has 0 aliphatic carbocycles. The Morgan fingerprint density at radius 2 is 0.971 bits per heavy atom. The number of hydrogen-bond donors (Lipinski definition) is 0. The highest BCUT2D eigenvalue weighted by Crippen LogP contribution is 2.32. The van der Waals surface area contributed by atoms with Crippen LogP contribution in [-0.4, -0.2) is 34.6 Å². The molecule has 0 saturated carbocycles. The van der Waals surface area contributed by atoms with Gasteiger partial charge in [0.2, 0.25) is 0 Å². The number of para-hydroxylation sites is 4. The SMILES string of the molecule is c1ccc2c(c1)c1ccccc1n2CC(Cn1c2ccccc2c2ccccc21)OCC1CO1. The van der Waals surface area contributed by atoms with Gasteiger partial charge in [0.15, 0.2) is 0 Å². The van der Waals surface area contributed by atoms with E-state index in [4.69, 9.17) is 9.47 Å². The fourth-order valence-electron chi connectivity index (χ4n) is 5.38. The molecule has 0 spiro atoms. The first kappa shape index (κ1) is 19.8. The van der Waals surface area contributed by atoms with Crippen molar-refractivity contribution < 1.29 is 9.47 Å². The van der Waals surface area contributed by atoms with E-state index in [1.165, 1.54) is 43.6 Å². The zero-order chi connectivity index (χ0) is 22.5. The summed E-state index contributed by atoms with van der Waals surface area (Å²) in [4.78, 5) is 0. The van der Waals surface area contributed by atoms with Crippen molar-refractivity contribution in [3.8, 4) is 0 Å². The number of aromatic nitrogens is 2. The van der Waals surface area contributed by atoms with Crippen LogP contribution in [0.4, 0.5) is 0 Å². The average molecular weight is 447 g/mol. The number of hydrogen-bond acceptors (Lipinski definition) is 2. The molecule has 4 aromatic carbocycles. The molecule has 168 valence electrons. The van der Waals surface area contributed by atoms with Gasteiger partial charge in [0, 0.05) is 43.6 Å². The van der Waals surface area contributed by atoms with Crippen molar-refractivity contribution in [2.45, 2.75) is 25.3 Å². The van der Waals surface area contributed by atoms with E-state index < -0.39 is 0 Å². The topological polar surface area (TPSA) is 31.6 Å². The molecule has 1 fully saturated rings. The van der Waals surface area contributed by atoms with Crippen molar-refractivity contribution in [3.63, 3.8) is 0 Å². The largest absolute Gasteiger partial charge is 0.372 e. The highest BCUT2D eigenvalue weighted by molar-refractivity contribution is 6.08. The van der Waals surface area contributed by atoms with Gasteiger partial charge in [-0.25, -0.2) is 0 Å². The van der Waals surface area contributed by atoms with E-state index in [-0.39, 0.29) is 12.2 Å². The molecular formula is C30H26N2O2. The number of benzene rings is 4. The third kappa shape index (κ3) is 3.30. The third-order valence-corrected chi connectivity index (χ3v) is 7.05. The van der Waals surface area contributed by atoms with Gasteiger partial charge in [0.1, 0.15) is 6.10 Å². The smallest absolute Gasteiger partial charge is 0.104 e. The fourth-order valence-corrected chi connectivity index (χ4v) is 5.38. The molecule has 34 heavy (non-hydrogen) atoms. The average Bonchev–Trinajstić information content (AvgIpc) is 3.61. The standard InChI is InChI=1S/C30H26N2O2/c1-5-13-27-23(9-1)24-10-2-6-14-28(24)31(27)17-21(33-19-22-20-34-22)18-32-29-15-7-3-11-25(29)26-12-4-8-16-30(26)32/h1-16,21-22H,17-20H2. The highest BCUT2D eigenvalue weighted by Gasteiger charge is 2.26. The van der Waals surface area contributed by atoms with Crippen molar-refractivity contribution in [2.24, 2.45) is 0 Å². The minimum Gasteiger partial charge on any atom is -0.372 e. The van der Waals surface area contributed by atoms with Gasteiger partial charge in [-0.15, -0.1) is 0 Å². The van der Waals surface area contributed by atoms with Crippen LogP contribution in [0.25, 0.3) is 43.6 Å². The first-order valence-corrected chi connectivity index (χ1v) is 12.0. The molecule has 0 amide bonds. The van der Waals surface area contributed by atoms with Crippen molar-refractivity contribution in [1.29, 1.82) is 0 Å². The molecule has 1 aliphatic heterocycles. The fraction of sp³-hybridized carbons (Fsp3) is 0.200. The first-order valence-electron chi connectivity index (χ1n) is 12.0. The van der Waals surface area contributed by atoms with Crippen LogP contribution >= 0.6 is 0 Å². The van der Waals surface area contributed by atoms with Gasteiger partial charge in [0.05, 0.1) is 32.4 Å². The lowest BCUT2D eigenvalue weighted by Crippen LogP contribution is -2.27. The molecule has 1 saturated heterocycles. The third-order valence-electron chi connectivity index (χ3n) is 7.05. The summed E-state index contributed by atoms with van der Waals surface area (Å²) in [7, 11) is 0. The van der Waals surface area contributed by atoms with E-state index in [0.29, 0.717) is 6.61 Å². The van der Waals surface area contributed by atoms with Crippen LogP contribution in [0, 0.1) is 0 Å². The van der Waals surface area contributed by atoms with E-state index in [9.17, 15) is 0 Å². The Hall–Kier alpha value is -3.60. The Bertz CT molecular complexity index is 1420. The zero-order valence-electron chi connectivity index (χ0n) is 18.9. The van der Waals surface area contributed by atoms with Crippen molar-refractivity contribution in [2.75, 3.05) is 13.2 Å². The number of ether oxygens (including phenoxy) is 2. The molecule has 4 nitrogen and oxygen atoms in total. The predicted molar refractivity (Wildman–Crippen MR) is 138 cm³/mol. The second kappa shape index (κ2) is 8.01. The van der Waals surface area contributed by atoms with Crippen LogP contribution in [-0.2, 0) is 22.6 Å². The van der Waals surface area contributed by atoms with E-state index in [1.807, 2.05) is 0 Å². The zero-order valence-corrected chi connectivity index (χ0v) is 18.9. The molecule has 1 atom stereocenters. The predicted octanol–water partition coefficient (Wildman–Crippen LogP) is 6.39. The summed E-state index contributed by atoms with van der Waals surface area (Å²) in [5.41, 5.74) is 5.01. The summed E-state index contributed by atoms with van der Waals surface area (Å²) in [5.74, 6) is 0. The van der Waals surface area contributed by atoms with Gasteiger partial charge < -0.3 is 18.6 Å². The lowest BCUT2D eigenvalue weighted by atomic mass is 10.2. The second-order valence-corrected chi connectivity index (χ2v) is 9.20. The monoisotopic (exact) mass is 446 g/mol. The van der Waals surface area contributed by atoms with Crippen LogP contribution in [0.5, 0.6) is 0 Å². The maximum absolute atomic E-state index is 6.54. The first-order chi connectivity index (χ1) is 16.9. The number of rotatable bonds is 7. The maximum atomic E-state index is 6.54. The Labute approximate surface area is 197 Å². The Balaban J connectivity index is 1.34. The van der Waals surface area contributed by atoms with Crippen molar-refractivity contribution in [3.05, 3.63) is 97.1 Å². The molecule has 2 aromatic heterocycles. The molecule has 4 heteroatoms. The van der Waals surface area contributed by atoms with Crippen LogP contribution < -0.4 is 0 Å². The second-order valence-electron chi connectivity index (χ2n) is 9.20. The van der Waals surface area contributed by atoms with Crippen molar-refractivity contribution in [1.82, 2.24) is 9.13 Å². The van der Waals surface area contributed by atoms with E-state index in [1.54, 1.807) is 0 Å². The minimum absolute atomic E-state index is 0.00243.